The molecule has 0 heterocycles. The predicted octanol–water partition coefficient (Wildman–Crippen LogP) is 0.885. The van der Waals surface area contributed by atoms with Crippen LogP contribution in [0.3, 0.4) is 0 Å². The minimum atomic E-state index is -0.458. The highest BCUT2D eigenvalue weighted by atomic mass is 16.6. The minimum Gasteiger partial charge on any atom is -0.360 e. The molecule has 1 aromatic rings. The molecule has 20 heavy (non-hydrogen) atoms. The van der Waals surface area contributed by atoms with Crippen LogP contribution in [0.4, 0.5) is 11.4 Å². The summed E-state index contributed by atoms with van der Waals surface area (Å²) in [7, 11) is 1.65. The lowest BCUT2D eigenvalue weighted by Crippen LogP contribution is -2.37. The average Bonchev–Trinajstić information content (AvgIpc) is 2.38. The Kier molecular flexibility index (Phi) is 5.92. The van der Waals surface area contributed by atoms with Gasteiger partial charge in [-0.05, 0) is 19.4 Å². The molecule has 0 saturated carbocycles. The molecule has 0 saturated heterocycles. The Morgan fingerprint density at radius 1 is 1.50 bits per heavy atom. The van der Waals surface area contributed by atoms with E-state index in [1.165, 1.54) is 6.07 Å². The van der Waals surface area contributed by atoms with Crippen LogP contribution >= 0.6 is 0 Å². The number of carbonyl (C=O) groups is 1. The number of nitro groups is 1. The van der Waals surface area contributed by atoms with Crippen molar-refractivity contribution in [3.8, 4) is 0 Å². The van der Waals surface area contributed by atoms with Crippen molar-refractivity contribution in [2.45, 2.75) is 19.4 Å². The molecule has 3 N–H and O–H groups in total. The lowest BCUT2D eigenvalue weighted by atomic mass is 10.2. The van der Waals surface area contributed by atoms with Crippen molar-refractivity contribution in [2.75, 3.05) is 25.0 Å². The normalized spacial score (nSPS) is 11.8. The van der Waals surface area contributed by atoms with Crippen LogP contribution in [-0.4, -0.2) is 37.0 Å². The Balaban J connectivity index is 2.60. The molecule has 0 aliphatic carbocycles. The van der Waals surface area contributed by atoms with Gasteiger partial charge in [0, 0.05) is 25.7 Å². The standard InChI is InChI=1S/C13H20N4O3/c1-10(14)7-8-15-13(18)9-16(2)11-5-3-4-6-12(11)17(19)20/h3-6,10H,7-9,14H2,1-2H3,(H,15,18). The molecule has 0 radical (unpaired) electrons. The van der Waals surface area contributed by atoms with Crippen LogP contribution in [0.25, 0.3) is 0 Å². The topological polar surface area (TPSA) is 102 Å². The van der Waals surface area contributed by atoms with Gasteiger partial charge in [0.1, 0.15) is 5.69 Å². The molecule has 0 bridgehead atoms. The number of likely N-dealkylation sites (N-methyl/N-ethyl adjacent to an activating group) is 1. The van der Waals surface area contributed by atoms with E-state index in [9.17, 15) is 14.9 Å². The molecule has 0 spiro atoms. The third kappa shape index (κ3) is 4.85. The maximum absolute atomic E-state index is 11.7. The second-order valence-electron chi connectivity index (χ2n) is 4.72. The highest BCUT2D eigenvalue weighted by Gasteiger charge is 2.17. The summed E-state index contributed by atoms with van der Waals surface area (Å²) in [6.07, 6.45) is 0.695. The molecule has 1 unspecified atom stereocenters. The summed E-state index contributed by atoms with van der Waals surface area (Å²) in [5.74, 6) is -0.189. The van der Waals surface area contributed by atoms with Gasteiger partial charge in [-0.15, -0.1) is 0 Å². The SMILES string of the molecule is CC(N)CCNC(=O)CN(C)c1ccccc1[N+](=O)[O-]. The van der Waals surface area contributed by atoms with E-state index >= 15 is 0 Å². The Morgan fingerprint density at radius 2 is 2.15 bits per heavy atom. The number of carbonyl (C=O) groups excluding carboxylic acids is 1. The number of hydrogen-bond donors (Lipinski definition) is 2. The molecule has 1 aromatic carbocycles. The first-order valence-corrected chi connectivity index (χ1v) is 6.38. The largest absolute Gasteiger partial charge is 0.360 e. The molecule has 1 amide bonds. The highest BCUT2D eigenvalue weighted by molar-refractivity contribution is 5.82. The summed E-state index contributed by atoms with van der Waals surface area (Å²) in [5.41, 5.74) is 5.99. The van der Waals surface area contributed by atoms with Crippen molar-refractivity contribution in [1.29, 1.82) is 0 Å². The molecule has 0 fully saturated rings. The number of rotatable bonds is 7. The maximum Gasteiger partial charge on any atom is 0.292 e. The zero-order valence-electron chi connectivity index (χ0n) is 11.7. The van der Waals surface area contributed by atoms with Gasteiger partial charge < -0.3 is 16.0 Å². The van der Waals surface area contributed by atoms with Crippen LogP contribution in [-0.2, 0) is 4.79 Å². The highest BCUT2D eigenvalue weighted by Crippen LogP contribution is 2.26. The van der Waals surface area contributed by atoms with E-state index in [-0.39, 0.29) is 24.2 Å². The number of nitrogens with one attached hydrogen (secondary N) is 1. The molecular weight excluding hydrogens is 260 g/mol. The van der Waals surface area contributed by atoms with Crippen molar-refractivity contribution >= 4 is 17.3 Å². The van der Waals surface area contributed by atoms with Gasteiger partial charge in [0.25, 0.3) is 5.69 Å². The van der Waals surface area contributed by atoms with E-state index in [0.717, 1.165) is 0 Å². The van der Waals surface area contributed by atoms with Crippen molar-refractivity contribution in [2.24, 2.45) is 5.73 Å². The minimum absolute atomic E-state index is 0.0154. The van der Waals surface area contributed by atoms with Gasteiger partial charge in [-0.25, -0.2) is 0 Å². The smallest absolute Gasteiger partial charge is 0.292 e. The fourth-order valence-corrected chi connectivity index (χ4v) is 1.74. The molecule has 7 nitrogen and oxygen atoms in total. The lowest BCUT2D eigenvalue weighted by Gasteiger charge is -2.18. The van der Waals surface area contributed by atoms with E-state index in [0.29, 0.717) is 18.7 Å². The van der Waals surface area contributed by atoms with Crippen LogP contribution in [0.15, 0.2) is 24.3 Å². The van der Waals surface area contributed by atoms with E-state index in [1.807, 2.05) is 6.92 Å². The lowest BCUT2D eigenvalue weighted by molar-refractivity contribution is -0.384. The molecule has 0 aliphatic rings. The third-order valence-corrected chi connectivity index (χ3v) is 2.79. The fraction of sp³-hybridized carbons (Fsp3) is 0.462. The van der Waals surface area contributed by atoms with Gasteiger partial charge in [-0.1, -0.05) is 12.1 Å². The Morgan fingerprint density at radius 3 is 2.75 bits per heavy atom. The van der Waals surface area contributed by atoms with Crippen molar-refractivity contribution in [3.63, 3.8) is 0 Å². The van der Waals surface area contributed by atoms with Gasteiger partial charge in [-0.2, -0.15) is 0 Å². The molecule has 0 aromatic heterocycles. The Hall–Kier alpha value is -2.15. The molecular formula is C13H20N4O3. The van der Waals surface area contributed by atoms with Gasteiger partial charge >= 0.3 is 0 Å². The summed E-state index contributed by atoms with van der Waals surface area (Å²) in [5, 5.41) is 13.7. The Labute approximate surface area is 117 Å². The first-order chi connectivity index (χ1) is 9.41. The van der Waals surface area contributed by atoms with Crippen molar-refractivity contribution in [1.82, 2.24) is 5.32 Å². The van der Waals surface area contributed by atoms with Crippen LogP contribution < -0.4 is 16.0 Å². The van der Waals surface area contributed by atoms with Crippen LogP contribution in [0.5, 0.6) is 0 Å². The molecule has 0 aliphatic heterocycles. The first kappa shape index (κ1) is 15.9. The third-order valence-electron chi connectivity index (χ3n) is 2.79. The summed E-state index contributed by atoms with van der Waals surface area (Å²) >= 11 is 0. The Bertz CT molecular complexity index is 476. The van der Waals surface area contributed by atoms with E-state index in [1.54, 1.807) is 30.1 Å². The number of para-hydroxylation sites is 2. The number of anilines is 1. The first-order valence-electron chi connectivity index (χ1n) is 6.38. The second-order valence-corrected chi connectivity index (χ2v) is 4.72. The number of amides is 1. The fourth-order valence-electron chi connectivity index (χ4n) is 1.74. The quantitative estimate of drug-likeness (QED) is 0.570. The van der Waals surface area contributed by atoms with Crippen LogP contribution in [0, 0.1) is 10.1 Å². The molecule has 1 rings (SSSR count). The number of benzene rings is 1. The summed E-state index contributed by atoms with van der Waals surface area (Å²) in [6, 6.07) is 6.36. The van der Waals surface area contributed by atoms with Gasteiger partial charge in [0.15, 0.2) is 0 Å². The average molecular weight is 280 g/mol. The number of hydrogen-bond acceptors (Lipinski definition) is 5. The van der Waals surface area contributed by atoms with E-state index in [4.69, 9.17) is 5.73 Å². The molecule has 7 heteroatoms. The zero-order chi connectivity index (χ0) is 15.1. The van der Waals surface area contributed by atoms with Gasteiger partial charge in [0.2, 0.25) is 5.91 Å². The second kappa shape index (κ2) is 7.44. The van der Waals surface area contributed by atoms with E-state index < -0.39 is 4.92 Å². The summed E-state index contributed by atoms with van der Waals surface area (Å²) in [6.45, 7) is 2.43. The molecule has 1 atom stereocenters. The van der Waals surface area contributed by atoms with E-state index in [2.05, 4.69) is 5.32 Å². The number of nitrogens with zero attached hydrogens (tertiary/aromatic N) is 2. The summed E-state index contributed by atoms with van der Waals surface area (Å²) < 4.78 is 0. The van der Waals surface area contributed by atoms with Crippen molar-refractivity contribution in [3.05, 3.63) is 34.4 Å². The number of nitrogens with two attached hydrogens (primary N) is 1. The van der Waals surface area contributed by atoms with Crippen LogP contribution in [0.2, 0.25) is 0 Å². The predicted molar refractivity (Wildman–Crippen MR) is 77.6 cm³/mol. The number of nitro benzene ring substituents is 1. The van der Waals surface area contributed by atoms with Crippen LogP contribution in [0.1, 0.15) is 13.3 Å². The molecule has 110 valence electrons. The van der Waals surface area contributed by atoms with Gasteiger partial charge in [-0.3, -0.25) is 14.9 Å². The maximum atomic E-state index is 11.7. The van der Waals surface area contributed by atoms with Crippen molar-refractivity contribution < 1.29 is 9.72 Å². The van der Waals surface area contributed by atoms with Gasteiger partial charge in [0.05, 0.1) is 11.5 Å². The zero-order valence-corrected chi connectivity index (χ0v) is 11.7. The summed E-state index contributed by atoms with van der Waals surface area (Å²) in [4.78, 5) is 23.7. The monoisotopic (exact) mass is 280 g/mol.